The summed E-state index contributed by atoms with van der Waals surface area (Å²) < 4.78 is 7.67. The number of benzene rings is 4. The first-order valence-electron chi connectivity index (χ1n) is 12.1. The first kappa shape index (κ1) is 23.2. The van der Waals surface area contributed by atoms with E-state index in [0.29, 0.717) is 34.2 Å². The highest BCUT2D eigenvalue weighted by Crippen LogP contribution is 2.19. The van der Waals surface area contributed by atoms with Gasteiger partial charge in [-0.25, -0.2) is 10.4 Å². The zero-order chi connectivity index (χ0) is 25.9. The first-order valence-corrected chi connectivity index (χ1v) is 12.1. The van der Waals surface area contributed by atoms with Crippen molar-refractivity contribution < 1.29 is 9.53 Å². The summed E-state index contributed by atoms with van der Waals surface area (Å²) in [6.07, 6.45) is 1.57. The van der Waals surface area contributed by atoms with Crippen LogP contribution in [0.25, 0.3) is 32.8 Å². The van der Waals surface area contributed by atoms with Gasteiger partial charge in [-0.2, -0.15) is 5.10 Å². The van der Waals surface area contributed by atoms with Crippen LogP contribution >= 0.6 is 0 Å². The van der Waals surface area contributed by atoms with Crippen molar-refractivity contribution in [3.05, 3.63) is 119 Å². The molecule has 2 heterocycles. The molecular formula is C30H23N5O3. The number of fused-ring (bicyclic) bond motifs is 3. The minimum absolute atomic E-state index is 0.0210. The lowest BCUT2D eigenvalue weighted by Gasteiger charge is -2.14. The van der Waals surface area contributed by atoms with Gasteiger partial charge in [-0.15, -0.1) is 0 Å². The van der Waals surface area contributed by atoms with Crippen LogP contribution in [0.15, 0.2) is 107 Å². The third-order valence-corrected chi connectivity index (χ3v) is 6.28. The second kappa shape index (κ2) is 10.0. The highest BCUT2D eigenvalue weighted by molar-refractivity contribution is 5.95. The molecule has 0 aliphatic heterocycles. The van der Waals surface area contributed by atoms with Crippen LogP contribution in [0.1, 0.15) is 11.4 Å². The van der Waals surface area contributed by atoms with Crippen LogP contribution in [0.2, 0.25) is 0 Å². The molecule has 0 spiro atoms. The second-order valence-electron chi connectivity index (χ2n) is 8.80. The number of ether oxygens (including phenoxy) is 1. The summed E-state index contributed by atoms with van der Waals surface area (Å²) in [6, 6.07) is 29.8. The number of para-hydroxylation sites is 4. The molecule has 0 saturated heterocycles. The van der Waals surface area contributed by atoms with Crippen molar-refractivity contribution in [3.8, 4) is 5.75 Å². The highest BCUT2D eigenvalue weighted by Gasteiger charge is 2.12. The van der Waals surface area contributed by atoms with E-state index in [9.17, 15) is 9.59 Å². The monoisotopic (exact) mass is 501 g/mol. The van der Waals surface area contributed by atoms with Crippen LogP contribution in [-0.4, -0.2) is 26.7 Å². The van der Waals surface area contributed by atoms with E-state index in [1.807, 2.05) is 89.5 Å². The fraction of sp³-hybridized carbons (Fsp3) is 0.0667. The van der Waals surface area contributed by atoms with E-state index in [-0.39, 0.29) is 17.9 Å². The Morgan fingerprint density at radius 1 is 0.895 bits per heavy atom. The number of imidazole rings is 1. The topological polar surface area (TPSA) is 101 Å². The van der Waals surface area contributed by atoms with Crippen LogP contribution in [-0.2, 0) is 17.9 Å². The summed E-state index contributed by atoms with van der Waals surface area (Å²) in [6.45, 7) is 0.347. The molecule has 6 aromatic rings. The smallest absolute Gasteiger partial charge is 0.260 e. The number of nitrogens with one attached hydrogen (secondary N) is 2. The number of pyridine rings is 1. The van der Waals surface area contributed by atoms with E-state index in [1.165, 1.54) is 0 Å². The van der Waals surface area contributed by atoms with Crippen LogP contribution in [0, 0.1) is 0 Å². The van der Waals surface area contributed by atoms with Crippen LogP contribution < -0.4 is 15.6 Å². The molecule has 0 fully saturated rings. The number of hydrazone groups is 1. The number of rotatable bonds is 7. The number of hydrogen-bond acceptors (Lipinski definition) is 5. The van der Waals surface area contributed by atoms with Crippen LogP contribution in [0.3, 0.4) is 0 Å². The number of aromatic amines is 1. The highest BCUT2D eigenvalue weighted by atomic mass is 16.5. The Bertz CT molecular complexity index is 1780. The quantitative estimate of drug-likeness (QED) is 0.187. The van der Waals surface area contributed by atoms with E-state index in [1.54, 1.807) is 18.3 Å². The van der Waals surface area contributed by atoms with E-state index >= 15 is 0 Å². The predicted octanol–water partition coefficient (Wildman–Crippen LogP) is 4.76. The van der Waals surface area contributed by atoms with Gasteiger partial charge in [-0.3, -0.25) is 9.59 Å². The first-order chi connectivity index (χ1) is 18.7. The maximum atomic E-state index is 12.9. The molecule has 186 valence electrons. The number of carbonyl (C=O) groups is 1. The largest absolute Gasteiger partial charge is 0.486 e. The molecule has 0 aliphatic rings. The lowest BCUT2D eigenvalue weighted by atomic mass is 10.1. The van der Waals surface area contributed by atoms with Gasteiger partial charge in [0.15, 0.2) is 5.43 Å². The number of aromatic nitrogens is 3. The minimum Gasteiger partial charge on any atom is -0.486 e. The Morgan fingerprint density at radius 2 is 1.55 bits per heavy atom. The fourth-order valence-corrected chi connectivity index (χ4v) is 4.48. The van der Waals surface area contributed by atoms with Crippen LogP contribution in [0.5, 0.6) is 5.75 Å². The Balaban J connectivity index is 1.11. The van der Waals surface area contributed by atoms with Gasteiger partial charge < -0.3 is 14.3 Å². The van der Waals surface area contributed by atoms with E-state index < -0.39 is 0 Å². The van der Waals surface area contributed by atoms with Gasteiger partial charge in [0.1, 0.15) is 24.7 Å². The van der Waals surface area contributed by atoms with Crippen molar-refractivity contribution in [2.24, 2.45) is 5.10 Å². The van der Waals surface area contributed by atoms with Crippen molar-refractivity contribution in [2.75, 3.05) is 0 Å². The van der Waals surface area contributed by atoms with Gasteiger partial charge in [-0.05, 0) is 66.2 Å². The predicted molar refractivity (Wildman–Crippen MR) is 148 cm³/mol. The van der Waals surface area contributed by atoms with E-state index in [4.69, 9.17) is 4.74 Å². The van der Waals surface area contributed by atoms with Crippen molar-refractivity contribution in [1.29, 1.82) is 0 Å². The zero-order valence-corrected chi connectivity index (χ0v) is 20.3. The Labute approximate surface area is 217 Å². The summed E-state index contributed by atoms with van der Waals surface area (Å²) in [7, 11) is 0. The molecule has 2 N–H and O–H groups in total. The molecule has 6 rings (SSSR count). The fourth-order valence-electron chi connectivity index (χ4n) is 4.48. The SMILES string of the molecule is O=C(Cn1c2ccccc2c(=O)c2ccccc21)N/N=C\c1ccc(OCc2nc3ccccc3[nH]2)cc1. The van der Waals surface area contributed by atoms with Crippen molar-refractivity contribution in [2.45, 2.75) is 13.2 Å². The van der Waals surface area contributed by atoms with Crippen molar-refractivity contribution in [3.63, 3.8) is 0 Å². The maximum Gasteiger partial charge on any atom is 0.260 e. The maximum absolute atomic E-state index is 12.9. The second-order valence-corrected chi connectivity index (χ2v) is 8.80. The number of amides is 1. The lowest BCUT2D eigenvalue weighted by molar-refractivity contribution is -0.121. The zero-order valence-electron chi connectivity index (χ0n) is 20.3. The molecule has 0 atom stereocenters. The van der Waals surface area contributed by atoms with Crippen LogP contribution in [0.4, 0.5) is 0 Å². The molecule has 0 aliphatic carbocycles. The third-order valence-electron chi connectivity index (χ3n) is 6.28. The molecule has 0 bridgehead atoms. The molecule has 0 radical (unpaired) electrons. The van der Waals surface area contributed by atoms with Gasteiger partial charge >= 0.3 is 0 Å². The minimum atomic E-state index is -0.300. The summed E-state index contributed by atoms with van der Waals surface area (Å²) in [5.41, 5.74) is 6.63. The molecule has 2 aromatic heterocycles. The normalized spacial score (nSPS) is 11.5. The number of hydrogen-bond donors (Lipinski definition) is 2. The standard InChI is InChI=1S/C30H23N5O3/c36-29(18-35-26-11-5-1-7-22(26)30(37)23-8-2-6-12-27(23)35)34-31-17-20-13-15-21(16-14-20)38-19-28-32-24-9-3-4-10-25(24)33-28/h1-17H,18-19H2,(H,32,33)(H,34,36)/b31-17-. The Kier molecular flexibility index (Phi) is 6.11. The Hall–Kier alpha value is -5.24. The number of nitrogens with zero attached hydrogens (tertiary/aromatic N) is 3. The summed E-state index contributed by atoms with van der Waals surface area (Å²) >= 11 is 0. The summed E-state index contributed by atoms with van der Waals surface area (Å²) in [5.74, 6) is 1.15. The molecule has 1 amide bonds. The number of carbonyl (C=O) groups excluding carboxylic acids is 1. The molecule has 0 unspecified atom stereocenters. The summed E-state index contributed by atoms with van der Waals surface area (Å²) in [5, 5.41) is 5.26. The molecule has 4 aromatic carbocycles. The van der Waals surface area contributed by atoms with Gasteiger partial charge in [0, 0.05) is 10.8 Å². The Morgan fingerprint density at radius 3 is 2.26 bits per heavy atom. The van der Waals surface area contributed by atoms with E-state index in [2.05, 4.69) is 20.5 Å². The van der Waals surface area contributed by atoms with Gasteiger partial charge in [0.05, 0.1) is 28.3 Å². The molecule has 38 heavy (non-hydrogen) atoms. The van der Waals surface area contributed by atoms with Gasteiger partial charge in [0.2, 0.25) is 0 Å². The lowest BCUT2D eigenvalue weighted by Crippen LogP contribution is -2.25. The average molecular weight is 502 g/mol. The van der Waals surface area contributed by atoms with Gasteiger partial charge in [0.25, 0.3) is 5.91 Å². The summed E-state index contributed by atoms with van der Waals surface area (Å²) in [4.78, 5) is 33.4. The van der Waals surface area contributed by atoms with Crippen molar-refractivity contribution in [1.82, 2.24) is 20.0 Å². The van der Waals surface area contributed by atoms with Gasteiger partial charge in [-0.1, -0.05) is 36.4 Å². The molecule has 0 saturated carbocycles. The number of H-pyrrole nitrogens is 1. The third kappa shape index (κ3) is 4.62. The molecule has 8 heteroatoms. The van der Waals surface area contributed by atoms with E-state index in [0.717, 1.165) is 22.4 Å². The average Bonchev–Trinajstić information content (AvgIpc) is 3.38. The molecular weight excluding hydrogens is 478 g/mol. The van der Waals surface area contributed by atoms with Crippen molar-refractivity contribution >= 4 is 45.0 Å². The molecule has 8 nitrogen and oxygen atoms in total.